The van der Waals surface area contributed by atoms with Gasteiger partial charge < -0.3 is 9.64 Å². The van der Waals surface area contributed by atoms with Crippen LogP contribution in [0.1, 0.15) is 51.5 Å². The third-order valence-electron chi connectivity index (χ3n) is 4.23. The van der Waals surface area contributed by atoms with Crippen molar-refractivity contribution in [1.29, 1.82) is 0 Å². The van der Waals surface area contributed by atoms with Crippen LogP contribution in [-0.2, 0) is 4.74 Å². The van der Waals surface area contributed by atoms with E-state index in [9.17, 15) is 4.79 Å². The average Bonchev–Trinajstić information content (AvgIpc) is 2.98. The zero-order valence-electron chi connectivity index (χ0n) is 14.3. The highest BCUT2D eigenvalue weighted by Crippen LogP contribution is 2.28. The molecule has 4 nitrogen and oxygen atoms in total. The molecular formula is C17H28N2O2S. The lowest BCUT2D eigenvalue weighted by atomic mass is 10.0. The van der Waals surface area contributed by atoms with Gasteiger partial charge in [0.15, 0.2) is 0 Å². The molecule has 0 radical (unpaired) electrons. The maximum atomic E-state index is 12.2. The summed E-state index contributed by atoms with van der Waals surface area (Å²) in [4.78, 5) is 17.8. The lowest BCUT2D eigenvalue weighted by Crippen LogP contribution is -2.47. The number of hydrogen-bond acceptors (Lipinski definition) is 4. The first kappa shape index (κ1) is 17.3. The predicted molar refractivity (Wildman–Crippen MR) is 91.3 cm³/mol. The summed E-state index contributed by atoms with van der Waals surface area (Å²) in [5, 5.41) is 2.13. The molecule has 1 fully saturated rings. The molecule has 1 aromatic rings. The van der Waals surface area contributed by atoms with Crippen LogP contribution in [0.2, 0.25) is 0 Å². The normalized spacial score (nSPS) is 19.0. The molecule has 0 saturated carbocycles. The smallest absolute Gasteiger partial charge is 0.410 e. The lowest BCUT2D eigenvalue weighted by molar-refractivity contribution is 0.0134. The van der Waals surface area contributed by atoms with E-state index in [-0.39, 0.29) is 12.1 Å². The standard InChI is InChI=1S/C17H28N2O2S/c1-13(15-7-6-12-22-15)19-10-8-14(9-11-19)18(5)16(20)21-17(2,3)4/h6-7,12-14H,8-11H2,1-5H3/t13-/m0/s1. The number of nitrogens with zero attached hydrogens (tertiary/aromatic N) is 2. The molecule has 0 bridgehead atoms. The molecule has 0 spiro atoms. The monoisotopic (exact) mass is 324 g/mol. The van der Waals surface area contributed by atoms with Crippen LogP contribution >= 0.6 is 11.3 Å². The molecule has 1 atom stereocenters. The van der Waals surface area contributed by atoms with Crippen LogP contribution < -0.4 is 0 Å². The fourth-order valence-corrected chi connectivity index (χ4v) is 3.67. The van der Waals surface area contributed by atoms with Gasteiger partial charge in [-0.25, -0.2) is 4.79 Å². The fraction of sp³-hybridized carbons (Fsp3) is 0.706. The summed E-state index contributed by atoms with van der Waals surface area (Å²) in [5.74, 6) is 0. The van der Waals surface area contributed by atoms with Gasteiger partial charge in [0, 0.05) is 37.1 Å². The van der Waals surface area contributed by atoms with Gasteiger partial charge in [-0.2, -0.15) is 0 Å². The number of ether oxygens (including phenoxy) is 1. The van der Waals surface area contributed by atoms with Crippen molar-refractivity contribution >= 4 is 17.4 Å². The highest BCUT2D eigenvalue weighted by molar-refractivity contribution is 7.10. The van der Waals surface area contributed by atoms with Crippen molar-refractivity contribution in [1.82, 2.24) is 9.80 Å². The van der Waals surface area contributed by atoms with Gasteiger partial charge in [0.1, 0.15) is 5.60 Å². The van der Waals surface area contributed by atoms with Crippen molar-refractivity contribution in [3.63, 3.8) is 0 Å². The quantitative estimate of drug-likeness (QED) is 0.837. The number of thiophene rings is 1. The first-order valence-electron chi connectivity index (χ1n) is 8.01. The Bertz CT molecular complexity index is 473. The van der Waals surface area contributed by atoms with E-state index < -0.39 is 5.60 Å². The minimum Gasteiger partial charge on any atom is -0.444 e. The van der Waals surface area contributed by atoms with Crippen LogP contribution in [0.5, 0.6) is 0 Å². The van der Waals surface area contributed by atoms with E-state index in [2.05, 4.69) is 29.3 Å². The number of carbonyl (C=O) groups excluding carboxylic acids is 1. The Morgan fingerprint density at radius 2 is 2.05 bits per heavy atom. The Morgan fingerprint density at radius 3 is 2.55 bits per heavy atom. The van der Waals surface area contributed by atoms with Crippen molar-refractivity contribution in [2.24, 2.45) is 0 Å². The van der Waals surface area contributed by atoms with Crippen LogP contribution in [0.25, 0.3) is 0 Å². The Balaban J connectivity index is 1.85. The van der Waals surface area contributed by atoms with Crippen LogP contribution in [0, 0.1) is 0 Å². The molecule has 1 aliphatic rings. The summed E-state index contributed by atoms with van der Waals surface area (Å²) in [5.41, 5.74) is -0.431. The number of likely N-dealkylation sites (tertiary alicyclic amines) is 1. The first-order chi connectivity index (χ1) is 10.3. The SMILES string of the molecule is C[C@@H](c1cccs1)N1CCC(N(C)C(=O)OC(C)(C)C)CC1. The molecule has 0 unspecified atom stereocenters. The Labute approximate surface area is 138 Å². The summed E-state index contributed by atoms with van der Waals surface area (Å²) in [7, 11) is 1.86. The molecular weight excluding hydrogens is 296 g/mol. The fourth-order valence-electron chi connectivity index (χ4n) is 2.85. The zero-order valence-corrected chi connectivity index (χ0v) is 15.2. The summed E-state index contributed by atoms with van der Waals surface area (Å²) in [6.45, 7) is 10.0. The van der Waals surface area contributed by atoms with Crippen molar-refractivity contribution in [2.45, 2.75) is 58.2 Å². The molecule has 0 aromatic carbocycles. The maximum absolute atomic E-state index is 12.2. The molecule has 2 heterocycles. The number of rotatable bonds is 3. The van der Waals surface area contributed by atoms with Gasteiger partial charge in [0.25, 0.3) is 0 Å². The second kappa shape index (κ2) is 7.01. The predicted octanol–water partition coefficient (Wildman–Crippen LogP) is 4.14. The van der Waals surface area contributed by atoms with Gasteiger partial charge in [-0.3, -0.25) is 4.90 Å². The molecule has 0 N–H and O–H groups in total. The van der Waals surface area contributed by atoms with E-state index in [0.29, 0.717) is 6.04 Å². The van der Waals surface area contributed by atoms with Gasteiger partial charge in [0.05, 0.1) is 0 Å². The van der Waals surface area contributed by atoms with Crippen LogP contribution in [0.15, 0.2) is 17.5 Å². The molecule has 1 aromatic heterocycles. The second-order valence-corrected chi connectivity index (χ2v) is 8.03. The molecule has 5 heteroatoms. The molecule has 1 saturated heterocycles. The largest absolute Gasteiger partial charge is 0.444 e. The average molecular weight is 324 g/mol. The van der Waals surface area contributed by atoms with Crippen LogP contribution in [0.3, 0.4) is 0 Å². The van der Waals surface area contributed by atoms with Crippen LogP contribution in [0.4, 0.5) is 4.79 Å². The second-order valence-electron chi connectivity index (χ2n) is 7.05. The summed E-state index contributed by atoms with van der Waals surface area (Å²) in [6.07, 6.45) is 1.80. The molecule has 2 rings (SSSR count). The summed E-state index contributed by atoms with van der Waals surface area (Å²) < 4.78 is 5.46. The van der Waals surface area contributed by atoms with Gasteiger partial charge in [0.2, 0.25) is 0 Å². The number of amides is 1. The van der Waals surface area contributed by atoms with Gasteiger partial charge in [-0.15, -0.1) is 11.3 Å². The third-order valence-corrected chi connectivity index (χ3v) is 5.27. The third kappa shape index (κ3) is 4.46. The number of carbonyl (C=O) groups is 1. The highest BCUT2D eigenvalue weighted by atomic mass is 32.1. The van der Waals surface area contributed by atoms with Gasteiger partial charge in [-0.1, -0.05) is 6.07 Å². The first-order valence-corrected chi connectivity index (χ1v) is 8.89. The number of hydrogen-bond donors (Lipinski definition) is 0. The summed E-state index contributed by atoms with van der Waals surface area (Å²) >= 11 is 1.82. The highest BCUT2D eigenvalue weighted by Gasteiger charge is 2.30. The molecule has 124 valence electrons. The summed E-state index contributed by atoms with van der Waals surface area (Å²) in [6, 6.07) is 5.06. The van der Waals surface area contributed by atoms with E-state index in [0.717, 1.165) is 25.9 Å². The van der Waals surface area contributed by atoms with Crippen molar-refractivity contribution < 1.29 is 9.53 Å². The van der Waals surface area contributed by atoms with E-state index in [1.54, 1.807) is 4.90 Å². The topological polar surface area (TPSA) is 32.8 Å². The van der Waals surface area contributed by atoms with Crippen molar-refractivity contribution in [2.75, 3.05) is 20.1 Å². The Kier molecular flexibility index (Phi) is 5.50. The Morgan fingerprint density at radius 1 is 1.41 bits per heavy atom. The van der Waals surface area contributed by atoms with E-state index >= 15 is 0 Å². The van der Waals surface area contributed by atoms with Crippen molar-refractivity contribution in [3.05, 3.63) is 22.4 Å². The van der Waals surface area contributed by atoms with Gasteiger partial charge in [-0.05, 0) is 52.0 Å². The zero-order chi connectivity index (χ0) is 16.3. The van der Waals surface area contributed by atoms with Gasteiger partial charge >= 0.3 is 6.09 Å². The number of piperidine rings is 1. The minimum absolute atomic E-state index is 0.211. The van der Waals surface area contributed by atoms with Crippen molar-refractivity contribution in [3.8, 4) is 0 Å². The van der Waals surface area contributed by atoms with Crippen LogP contribution in [-0.4, -0.2) is 47.7 Å². The molecule has 1 amide bonds. The Hall–Kier alpha value is -1.07. The van der Waals surface area contributed by atoms with E-state index in [1.165, 1.54) is 4.88 Å². The minimum atomic E-state index is -0.431. The van der Waals surface area contributed by atoms with E-state index in [4.69, 9.17) is 4.74 Å². The maximum Gasteiger partial charge on any atom is 0.410 e. The molecule has 22 heavy (non-hydrogen) atoms. The van der Waals surface area contributed by atoms with E-state index in [1.807, 2.05) is 39.2 Å². The molecule has 1 aliphatic heterocycles. The molecule has 0 aliphatic carbocycles. The lowest BCUT2D eigenvalue weighted by Gasteiger charge is -2.39.